The third-order valence-corrected chi connectivity index (χ3v) is 6.41. The van der Waals surface area contributed by atoms with Crippen LogP contribution in [0.3, 0.4) is 0 Å². The van der Waals surface area contributed by atoms with Crippen LogP contribution in [0, 0.1) is 5.41 Å². The van der Waals surface area contributed by atoms with Crippen molar-refractivity contribution in [2.45, 2.75) is 32.2 Å². The van der Waals surface area contributed by atoms with Gasteiger partial charge in [-0.2, -0.15) is 0 Å². The molecule has 2 saturated heterocycles. The highest BCUT2D eigenvalue weighted by Crippen LogP contribution is 2.39. The van der Waals surface area contributed by atoms with E-state index in [4.69, 9.17) is 4.74 Å². The number of ether oxygens (including phenoxy) is 1. The number of hydrogen-bond donors (Lipinski definition) is 0. The van der Waals surface area contributed by atoms with E-state index < -0.39 is 0 Å². The van der Waals surface area contributed by atoms with Crippen LogP contribution < -0.4 is 0 Å². The van der Waals surface area contributed by atoms with Crippen molar-refractivity contribution in [2.75, 3.05) is 39.9 Å². The zero-order chi connectivity index (χ0) is 18.9. The number of likely N-dealkylation sites (tertiary alicyclic amines) is 2. The van der Waals surface area contributed by atoms with Crippen LogP contribution >= 0.6 is 0 Å². The first-order chi connectivity index (χ1) is 13.1. The summed E-state index contributed by atoms with van der Waals surface area (Å²) in [5.41, 5.74) is 2.93. The van der Waals surface area contributed by atoms with Crippen LogP contribution in [0.1, 0.15) is 31.2 Å². The third kappa shape index (κ3) is 3.90. The zero-order valence-corrected chi connectivity index (χ0v) is 16.6. The van der Waals surface area contributed by atoms with Crippen molar-refractivity contribution in [3.05, 3.63) is 36.0 Å². The topological polar surface area (TPSA) is 37.7 Å². The summed E-state index contributed by atoms with van der Waals surface area (Å²) in [6, 6.07) is 9.01. The number of amides is 1. The molecule has 1 aromatic carbocycles. The zero-order valence-electron chi connectivity index (χ0n) is 16.6. The van der Waals surface area contributed by atoms with E-state index in [0.717, 1.165) is 39.1 Å². The number of hydrogen-bond acceptors (Lipinski definition) is 3. The predicted octanol–water partition coefficient (Wildman–Crippen LogP) is 3.03. The van der Waals surface area contributed by atoms with Gasteiger partial charge in [-0.3, -0.25) is 9.69 Å². The molecule has 146 valence electrons. The molecule has 0 bridgehead atoms. The van der Waals surface area contributed by atoms with Gasteiger partial charge in [0.15, 0.2) is 0 Å². The van der Waals surface area contributed by atoms with Crippen LogP contribution in [0.2, 0.25) is 0 Å². The molecule has 0 saturated carbocycles. The highest BCUT2D eigenvalue weighted by Gasteiger charge is 2.41. The molecule has 2 fully saturated rings. The fourth-order valence-corrected chi connectivity index (χ4v) is 4.97. The van der Waals surface area contributed by atoms with E-state index in [2.05, 4.69) is 47.0 Å². The van der Waals surface area contributed by atoms with Crippen molar-refractivity contribution < 1.29 is 9.53 Å². The normalized spacial score (nSPS) is 24.2. The van der Waals surface area contributed by atoms with E-state index in [1.807, 2.05) is 4.90 Å². The standard InChI is InChI=1S/C22H31N3O2/c1-23-11-7-19-14-18(4-5-20(19)23)15-24-10-3-8-22(16-24)9-6-21(26)25(17-22)12-13-27-2/h4-5,7,11,14H,3,6,8-10,12-13,15-17H2,1-2H3. The molecule has 4 rings (SSSR count). The lowest BCUT2D eigenvalue weighted by Crippen LogP contribution is -2.54. The van der Waals surface area contributed by atoms with Crippen molar-refractivity contribution in [3.8, 4) is 0 Å². The minimum atomic E-state index is 0.261. The second kappa shape index (κ2) is 7.64. The highest BCUT2D eigenvalue weighted by atomic mass is 16.5. The van der Waals surface area contributed by atoms with Crippen LogP contribution in [0.25, 0.3) is 10.9 Å². The molecule has 5 nitrogen and oxygen atoms in total. The molecular formula is C22H31N3O2. The third-order valence-electron chi connectivity index (χ3n) is 6.41. The van der Waals surface area contributed by atoms with E-state index in [9.17, 15) is 4.79 Å². The Morgan fingerprint density at radius 2 is 2.07 bits per heavy atom. The van der Waals surface area contributed by atoms with E-state index in [1.54, 1.807) is 7.11 Å². The summed E-state index contributed by atoms with van der Waals surface area (Å²) in [4.78, 5) is 16.9. The number of rotatable bonds is 5. The molecule has 2 aliphatic rings. The highest BCUT2D eigenvalue weighted by molar-refractivity contribution is 5.80. The van der Waals surface area contributed by atoms with Gasteiger partial charge in [-0.1, -0.05) is 6.07 Å². The molecule has 0 aliphatic carbocycles. The maximum Gasteiger partial charge on any atom is 0.222 e. The molecule has 1 amide bonds. The van der Waals surface area contributed by atoms with Crippen molar-refractivity contribution in [2.24, 2.45) is 12.5 Å². The maximum absolute atomic E-state index is 12.3. The van der Waals surface area contributed by atoms with Crippen LogP contribution in [0.5, 0.6) is 0 Å². The lowest BCUT2D eigenvalue weighted by molar-refractivity contribution is -0.140. The molecule has 2 aromatic rings. The van der Waals surface area contributed by atoms with Crippen molar-refractivity contribution >= 4 is 16.8 Å². The lowest BCUT2D eigenvalue weighted by Gasteiger charge is -2.48. The number of aryl methyl sites for hydroxylation is 1. The van der Waals surface area contributed by atoms with Gasteiger partial charge in [0.2, 0.25) is 5.91 Å². The van der Waals surface area contributed by atoms with Gasteiger partial charge in [-0.15, -0.1) is 0 Å². The summed E-state index contributed by atoms with van der Waals surface area (Å²) in [7, 11) is 3.80. The van der Waals surface area contributed by atoms with Crippen LogP contribution in [0.15, 0.2) is 30.5 Å². The lowest BCUT2D eigenvalue weighted by atomic mass is 9.73. The molecule has 1 unspecified atom stereocenters. The minimum Gasteiger partial charge on any atom is -0.383 e. The summed E-state index contributed by atoms with van der Waals surface area (Å²) >= 11 is 0. The molecule has 2 aliphatic heterocycles. The molecule has 5 heteroatoms. The average molecular weight is 370 g/mol. The monoisotopic (exact) mass is 369 g/mol. The van der Waals surface area contributed by atoms with E-state index >= 15 is 0 Å². The molecule has 1 spiro atoms. The van der Waals surface area contributed by atoms with Crippen molar-refractivity contribution in [1.82, 2.24) is 14.4 Å². The van der Waals surface area contributed by atoms with Gasteiger partial charge in [0.25, 0.3) is 0 Å². The van der Waals surface area contributed by atoms with Gasteiger partial charge in [0.05, 0.1) is 6.61 Å². The largest absolute Gasteiger partial charge is 0.383 e. The SMILES string of the molecule is COCCN1CC2(CCCN(Cc3ccc4c(ccn4C)c3)C2)CCC1=O. The Morgan fingerprint density at radius 3 is 2.93 bits per heavy atom. The van der Waals surface area contributed by atoms with Gasteiger partial charge in [-0.05, 0) is 55.0 Å². The van der Waals surface area contributed by atoms with Crippen LogP contribution in [-0.2, 0) is 23.1 Å². The molecular weight excluding hydrogens is 338 g/mol. The van der Waals surface area contributed by atoms with Gasteiger partial charge in [0, 0.05) is 63.9 Å². The molecule has 3 heterocycles. The Morgan fingerprint density at radius 1 is 1.19 bits per heavy atom. The average Bonchev–Trinajstić information content (AvgIpc) is 3.03. The first kappa shape index (κ1) is 18.5. The van der Waals surface area contributed by atoms with Gasteiger partial charge in [-0.25, -0.2) is 0 Å². The Labute approximate surface area is 161 Å². The Balaban J connectivity index is 1.44. The van der Waals surface area contributed by atoms with Gasteiger partial charge < -0.3 is 14.2 Å². The molecule has 1 atom stereocenters. The van der Waals surface area contributed by atoms with E-state index in [0.29, 0.717) is 18.9 Å². The summed E-state index contributed by atoms with van der Waals surface area (Å²) in [6.07, 6.45) is 6.30. The molecule has 27 heavy (non-hydrogen) atoms. The number of benzene rings is 1. The smallest absolute Gasteiger partial charge is 0.222 e. The van der Waals surface area contributed by atoms with Crippen molar-refractivity contribution in [3.63, 3.8) is 0 Å². The van der Waals surface area contributed by atoms with Gasteiger partial charge >= 0.3 is 0 Å². The number of piperidine rings is 2. The first-order valence-electron chi connectivity index (χ1n) is 10.1. The molecule has 0 radical (unpaired) electrons. The number of carbonyl (C=O) groups excluding carboxylic acids is 1. The predicted molar refractivity (Wildman–Crippen MR) is 108 cm³/mol. The Bertz CT molecular complexity index is 815. The maximum atomic E-state index is 12.3. The first-order valence-corrected chi connectivity index (χ1v) is 10.1. The summed E-state index contributed by atoms with van der Waals surface area (Å²) in [5.74, 6) is 0.296. The molecule has 1 aromatic heterocycles. The van der Waals surface area contributed by atoms with E-state index in [1.165, 1.54) is 29.3 Å². The quantitative estimate of drug-likeness (QED) is 0.813. The van der Waals surface area contributed by atoms with Gasteiger partial charge in [0.1, 0.15) is 0 Å². The Hall–Kier alpha value is -1.85. The summed E-state index contributed by atoms with van der Waals surface area (Å²) in [5, 5.41) is 1.32. The summed E-state index contributed by atoms with van der Waals surface area (Å²) < 4.78 is 7.37. The number of aromatic nitrogens is 1. The number of nitrogens with zero attached hydrogens (tertiary/aromatic N) is 3. The second-order valence-electron chi connectivity index (χ2n) is 8.44. The number of fused-ring (bicyclic) bond motifs is 1. The molecule has 0 N–H and O–H groups in total. The van der Waals surface area contributed by atoms with Crippen LogP contribution in [0.4, 0.5) is 0 Å². The number of methoxy groups -OCH3 is 1. The second-order valence-corrected chi connectivity index (χ2v) is 8.44. The Kier molecular flexibility index (Phi) is 5.24. The van der Waals surface area contributed by atoms with Crippen LogP contribution in [-0.4, -0.2) is 60.2 Å². The summed E-state index contributed by atoms with van der Waals surface area (Å²) in [6.45, 7) is 5.49. The fourth-order valence-electron chi connectivity index (χ4n) is 4.97. The minimum absolute atomic E-state index is 0.261. The number of carbonyl (C=O) groups is 1. The van der Waals surface area contributed by atoms with Crippen molar-refractivity contribution in [1.29, 1.82) is 0 Å². The van der Waals surface area contributed by atoms with E-state index in [-0.39, 0.29) is 5.41 Å². The fraction of sp³-hybridized carbons (Fsp3) is 0.591.